The van der Waals surface area contributed by atoms with Crippen LogP contribution in [0.4, 0.5) is 5.69 Å². The number of unbranched alkanes of at least 4 members (excludes halogenated alkanes) is 3. The molecular weight excluding hydrogens is 376 g/mol. The van der Waals surface area contributed by atoms with Gasteiger partial charge < -0.3 is 9.47 Å². The second-order valence-corrected chi connectivity index (χ2v) is 8.28. The summed E-state index contributed by atoms with van der Waals surface area (Å²) in [7, 11) is 0. The number of thiazole rings is 1. The van der Waals surface area contributed by atoms with E-state index in [1.807, 2.05) is 32.0 Å². The van der Waals surface area contributed by atoms with E-state index in [9.17, 15) is 9.59 Å². The van der Waals surface area contributed by atoms with Gasteiger partial charge in [-0.05, 0) is 38.5 Å². The summed E-state index contributed by atoms with van der Waals surface area (Å²) < 4.78 is 10.8. The second kappa shape index (κ2) is 9.19. The third-order valence-corrected chi connectivity index (χ3v) is 5.51. The highest BCUT2D eigenvalue weighted by atomic mass is 32.1. The number of aromatic nitrogens is 1. The predicted molar refractivity (Wildman–Crippen MR) is 110 cm³/mol. The lowest BCUT2D eigenvalue weighted by Crippen LogP contribution is -2.42. The number of benzene rings is 1. The van der Waals surface area contributed by atoms with E-state index in [2.05, 4.69) is 11.9 Å². The summed E-state index contributed by atoms with van der Waals surface area (Å²) in [6, 6.07) is 5.62. The molecule has 0 unspecified atom stereocenters. The summed E-state index contributed by atoms with van der Waals surface area (Å²) in [6.07, 6.45) is 4.15. The number of amides is 1. The molecule has 2 aromatic rings. The molecule has 28 heavy (non-hydrogen) atoms. The molecule has 1 aliphatic rings. The van der Waals surface area contributed by atoms with Crippen molar-refractivity contribution in [1.82, 2.24) is 4.98 Å². The van der Waals surface area contributed by atoms with Gasteiger partial charge in [-0.3, -0.25) is 14.5 Å². The van der Waals surface area contributed by atoms with Crippen molar-refractivity contribution in [2.24, 2.45) is 0 Å². The van der Waals surface area contributed by atoms with E-state index in [1.54, 1.807) is 11.3 Å². The van der Waals surface area contributed by atoms with Crippen molar-refractivity contribution in [3.8, 4) is 17.0 Å². The SMILES string of the molecule is CCCCCCOC(=O)CN1C(=O)COc2ccc(-c3nc(C)sc3C)cc21. The van der Waals surface area contributed by atoms with Gasteiger partial charge in [0.05, 0.1) is 23.0 Å². The van der Waals surface area contributed by atoms with Crippen molar-refractivity contribution in [1.29, 1.82) is 0 Å². The van der Waals surface area contributed by atoms with Gasteiger partial charge in [-0.25, -0.2) is 4.98 Å². The van der Waals surface area contributed by atoms with E-state index in [4.69, 9.17) is 9.47 Å². The van der Waals surface area contributed by atoms with E-state index >= 15 is 0 Å². The third-order valence-electron chi connectivity index (χ3n) is 4.63. The predicted octanol–water partition coefficient (Wildman–Crippen LogP) is 4.28. The van der Waals surface area contributed by atoms with E-state index in [0.29, 0.717) is 18.0 Å². The Kier molecular flexibility index (Phi) is 6.67. The summed E-state index contributed by atoms with van der Waals surface area (Å²) in [5.41, 5.74) is 2.38. The number of hydrogen-bond donors (Lipinski definition) is 0. The molecule has 1 aromatic heterocycles. The number of nitrogens with zero attached hydrogens (tertiary/aromatic N) is 2. The Morgan fingerprint density at radius 1 is 1.29 bits per heavy atom. The Morgan fingerprint density at radius 2 is 2.11 bits per heavy atom. The van der Waals surface area contributed by atoms with Crippen molar-refractivity contribution in [3.63, 3.8) is 0 Å². The van der Waals surface area contributed by atoms with E-state index in [0.717, 1.165) is 46.8 Å². The molecule has 1 amide bonds. The average molecular weight is 403 g/mol. The van der Waals surface area contributed by atoms with Gasteiger partial charge in [0, 0.05) is 10.4 Å². The van der Waals surface area contributed by atoms with Crippen molar-refractivity contribution < 1.29 is 19.1 Å². The largest absolute Gasteiger partial charge is 0.482 e. The molecule has 0 N–H and O–H groups in total. The lowest BCUT2D eigenvalue weighted by atomic mass is 10.1. The topological polar surface area (TPSA) is 68.7 Å². The molecule has 0 atom stereocenters. The maximum Gasteiger partial charge on any atom is 0.326 e. The molecule has 7 heteroatoms. The molecule has 0 radical (unpaired) electrons. The highest BCUT2D eigenvalue weighted by Crippen LogP contribution is 2.37. The fourth-order valence-electron chi connectivity index (χ4n) is 3.21. The zero-order valence-corrected chi connectivity index (χ0v) is 17.4. The number of aryl methyl sites for hydroxylation is 2. The normalized spacial score (nSPS) is 13.2. The molecule has 0 fully saturated rings. The minimum atomic E-state index is -0.399. The van der Waals surface area contributed by atoms with Gasteiger partial charge in [-0.2, -0.15) is 0 Å². The Morgan fingerprint density at radius 3 is 2.82 bits per heavy atom. The average Bonchev–Trinajstić information content (AvgIpc) is 3.01. The van der Waals surface area contributed by atoms with Crippen LogP contribution in [0.5, 0.6) is 5.75 Å². The van der Waals surface area contributed by atoms with Crippen molar-refractivity contribution in [2.75, 3.05) is 24.7 Å². The quantitative estimate of drug-likeness (QED) is 0.487. The van der Waals surface area contributed by atoms with Crippen LogP contribution < -0.4 is 9.64 Å². The molecule has 2 heterocycles. The first-order valence-corrected chi connectivity index (χ1v) is 10.5. The van der Waals surface area contributed by atoms with Gasteiger partial charge in [0.2, 0.25) is 0 Å². The molecule has 0 aliphatic carbocycles. The lowest BCUT2D eigenvalue weighted by Gasteiger charge is -2.29. The Hall–Kier alpha value is -2.41. The maximum absolute atomic E-state index is 12.4. The number of hydrogen-bond acceptors (Lipinski definition) is 6. The van der Waals surface area contributed by atoms with Crippen LogP contribution in [0.15, 0.2) is 18.2 Å². The maximum atomic E-state index is 12.4. The van der Waals surface area contributed by atoms with Gasteiger partial charge in [0.15, 0.2) is 6.61 Å². The molecule has 6 nitrogen and oxygen atoms in total. The standard InChI is InChI=1S/C21H26N2O4S/c1-4-5-6-7-10-26-20(25)12-23-17-11-16(21-14(2)28-15(3)22-21)8-9-18(17)27-13-19(23)24/h8-9,11H,4-7,10,12-13H2,1-3H3. The zero-order chi connectivity index (χ0) is 20.1. The fraction of sp³-hybridized carbons (Fsp3) is 0.476. The summed E-state index contributed by atoms with van der Waals surface area (Å²) in [4.78, 5) is 31.8. The Labute approximate surface area is 169 Å². The van der Waals surface area contributed by atoms with Gasteiger partial charge in [0.25, 0.3) is 5.91 Å². The Bertz CT molecular complexity index is 862. The molecule has 3 rings (SSSR count). The summed E-state index contributed by atoms with van der Waals surface area (Å²) in [6.45, 7) is 6.33. The lowest BCUT2D eigenvalue weighted by molar-refractivity contribution is -0.143. The highest BCUT2D eigenvalue weighted by molar-refractivity contribution is 7.11. The molecular formula is C21H26N2O4S. The summed E-state index contributed by atoms with van der Waals surface area (Å²) in [5, 5.41) is 0.987. The van der Waals surface area contributed by atoms with Gasteiger partial charge >= 0.3 is 5.97 Å². The Balaban J connectivity index is 1.75. The first kappa shape index (κ1) is 20.3. The monoisotopic (exact) mass is 402 g/mol. The minimum absolute atomic E-state index is 0.0784. The van der Waals surface area contributed by atoms with E-state index in [1.165, 1.54) is 4.90 Å². The number of esters is 1. The zero-order valence-electron chi connectivity index (χ0n) is 16.6. The molecule has 0 spiro atoms. The smallest absolute Gasteiger partial charge is 0.326 e. The van der Waals surface area contributed by atoms with Crippen molar-refractivity contribution >= 4 is 28.9 Å². The number of carbonyl (C=O) groups excluding carboxylic acids is 2. The van der Waals surface area contributed by atoms with Crippen LogP contribution in [0.3, 0.4) is 0 Å². The van der Waals surface area contributed by atoms with Gasteiger partial charge in [0.1, 0.15) is 12.3 Å². The summed E-state index contributed by atoms with van der Waals surface area (Å²) >= 11 is 1.63. The van der Waals surface area contributed by atoms with Gasteiger partial charge in [-0.15, -0.1) is 11.3 Å². The molecule has 0 bridgehead atoms. The molecule has 0 saturated heterocycles. The molecule has 150 valence electrons. The van der Waals surface area contributed by atoms with Crippen LogP contribution in [-0.2, 0) is 14.3 Å². The van der Waals surface area contributed by atoms with Crippen LogP contribution in [0.2, 0.25) is 0 Å². The van der Waals surface area contributed by atoms with E-state index in [-0.39, 0.29) is 19.1 Å². The minimum Gasteiger partial charge on any atom is -0.482 e. The van der Waals surface area contributed by atoms with Crippen molar-refractivity contribution in [3.05, 3.63) is 28.1 Å². The van der Waals surface area contributed by atoms with Gasteiger partial charge in [-0.1, -0.05) is 26.2 Å². The van der Waals surface area contributed by atoms with Crippen LogP contribution in [0.25, 0.3) is 11.3 Å². The number of anilines is 1. The third kappa shape index (κ3) is 4.70. The first-order valence-electron chi connectivity index (χ1n) is 9.66. The molecule has 0 saturated carbocycles. The van der Waals surface area contributed by atoms with E-state index < -0.39 is 5.97 Å². The van der Waals surface area contributed by atoms with Crippen LogP contribution >= 0.6 is 11.3 Å². The van der Waals surface area contributed by atoms with Crippen LogP contribution in [0, 0.1) is 13.8 Å². The molecule has 1 aromatic carbocycles. The highest BCUT2D eigenvalue weighted by Gasteiger charge is 2.28. The van der Waals surface area contributed by atoms with Crippen LogP contribution in [0.1, 0.15) is 42.5 Å². The van der Waals surface area contributed by atoms with Crippen LogP contribution in [-0.4, -0.2) is 36.6 Å². The number of rotatable bonds is 8. The van der Waals surface area contributed by atoms with Crippen molar-refractivity contribution in [2.45, 2.75) is 46.5 Å². The number of fused-ring (bicyclic) bond motifs is 1. The second-order valence-electron chi connectivity index (χ2n) is 6.87. The fourth-order valence-corrected chi connectivity index (χ4v) is 4.05. The number of ether oxygens (including phenoxy) is 2. The first-order chi connectivity index (χ1) is 13.5. The molecule has 1 aliphatic heterocycles. The summed E-state index contributed by atoms with van der Waals surface area (Å²) in [5.74, 6) is -0.0637. The number of carbonyl (C=O) groups is 2.